The second-order valence-electron chi connectivity index (χ2n) is 8.73. The van der Waals surface area contributed by atoms with Crippen molar-refractivity contribution in [3.05, 3.63) is 65.4 Å². The molecular weight excluding hydrogens is 430 g/mol. The Morgan fingerprint density at radius 3 is 2.48 bits per heavy atom. The maximum Gasteiger partial charge on any atom is 0.268 e. The van der Waals surface area contributed by atoms with Gasteiger partial charge in [0.05, 0.1) is 28.1 Å². The molecule has 0 saturated carbocycles. The molecule has 2 aromatic carbocycles. The highest BCUT2D eigenvalue weighted by atomic mass is 32.2. The van der Waals surface area contributed by atoms with Gasteiger partial charge in [0.2, 0.25) is 0 Å². The molecule has 0 aliphatic heterocycles. The molecule has 4 rings (SSSR count). The molecule has 162 valence electrons. The molecule has 1 aliphatic carbocycles. The summed E-state index contributed by atoms with van der Waals surface area (Å²) in [6, 6.07) is 15.3. The van der Waals surface area contributed by atoms with Crippen LogP contribution in [0.4, 0.5) is 0 Å². The van der Waals surface area contributed by atoms with Crippen LogP contribution in [0.2, 0.25) is 0 Å². The van der Waals surface area contributed by atoms with Gasteiger partial charge in [0.1, 0.15) is 4.75 Å². The first-order chi connectivity index (χ1) is 14.6. The van der Waals surface area contributed by atoms with E-state index in [9.17, 15) is 13.0 Å². The average molecular weight is 456 g/mol. The van der Waals surface area contributed by atoms with Crippen molar-refractivity contribution in [2.75, 3.05) is 0 Å². The molecule has 1 aromatic heterocycles. The summed E-state index contributed by atoms with van der Waals surface area (Å²) in [4.78, 5) is 0.142. The second-order valence-corrected chi connectivity index (χ2v) is 12.5. The zero-order valence-electron chi connectivity index (χ0n) is 17.8. The SMILES string of the molecule is CC(C)(C)[S+]([O-])N[C@@H]1CCCc2c1c1ccccc1n2S(=O)(=O)c1ccc(C#N)cc1. The molecule has 8 heteroatoms. The molecule has 0 radical (unpaired) electrons. The van der Waals surface area contributed by atoms with Crippen LogP contribution in [0.25, 0.3) is 10.9 Å². The van der Waals surface area contributed by atoms with Crippen molar-refractivity contribution in [1.82, 2.24) is 8.69 Å². The van der Waals surface area contributed by atoms with Gasteiger partial charge in [-0.1, -0.05) is 18.2 Å². The van der Waals surface area contributed by atoms with Gasteiger partial charge in [0.15, 0.2) is 0 Å². The van der Waals surface area contributed by atoms with Gasteiger partial charge in [0.25, 0.3) is 10.0 Å². The van der Waals surface area contributed by atoms with E-state index in [0.29, 0.717) is 17.5 Å². The Labute approximate surface area is 186 Å². The molecule has 31 heavy (non-hydrogen) atoms. The van der Waals surface area contributed by atoms with Crippen LogP contribution in [-0.2, 0) is 27.8 Å². The summed E-state index contributed by atoms with van der Waals surface area (Å²) in [5.74, 6) is 0. The maximum absolute atomic E-state index is 13.7. The molecule has 6 nitrogen and oxygen atoms in total. The second kappa shape index (κ2) is 7.99. The summed E-state index contributed by atoms with van der Waals surface area (Å²) in [6.45, 7) is 5.75. The Hall–Kier alpha value is -2.31. The van der Waals surface area contributed by atoms with Crippen LogP contribution in [0.1, 0.15) is 56.5 Å². The van der Waals surface area contributed by atoms with Crippen molar-refractivity contribution in [3.8, 4) is 6.07 Å². The van der Waals surface area contributed by atoms with Crippen LogP contribution in [0.3, 0.4) is 0 Å². The van der Waals surface area contributed by atoms with E-state index in [-0.39, 0.29) is 10.9 Å². The summed E-state index contributed by atoms with van der Waals surface area (Å²) >= 11 is -1.28. The van der Waals surface area contributed by atoms with Crippen molar-refractivity contribution in [1.29, 1.82) is 5.26 Å². The number of hydrogen-bond acceptors (Lipinski definition) is 5. The zero-order valence-corrected chi connectivity index (χ0v) is 19.4. The van der Waals surface area contributed by atoms with Gasteiger partial charge >= 0.3 is 0 Å². The number of nitrogens with one attached hydrogen (secondary N) is 1. The molecule has 3 aromatic rings. The van der Waals surface area contributed by atoms with E-state index in [4.69, 9.17) is 5.26 Å². The highest BCUT2D eigenvalue weighted by Crippen LogP contribution is 2.40. The highest BCUT2D eigenvalue weighted by Gasteiger charge is 2.36. The van der Waals surface area contributed by atoms with Gasteiger partial charge in [-0.2, -0.15) is 5.26 Å². The van der Waals surface area contributed by atoms with Gasteiger partial charge < -0.3 is 4.55 Å². The predicted octanol–water partition coefficient (Wildman–Crippen LogP) is 4.18. The molecule has 1 unspecified atom stereocenters. The fourth-order valence-electron chi connectivity index (χ4n) is 4.04. The Morgan fingerprint density at radius 2 is 1.84 bits per heavy atom. The Balaban J connectivity index is 1.90. The molecule has 1 aliphatic rings. The van der Waals surface area contributed by atoms with Crippen LogP contribution < -0.4 is 4.72 Å². The standard InChI is InChI=1S/C23H25N3O3S2/c1-23(2,3)30(27)25-19-8-6-10-21-22(19)18-7-4-5-9-20(18)26(21)31(28,29)17-13-11-16(15-24)12-14-17/h4-5,7,9,11-14,19,25H,6,8,10H2,1-3H3/t19-,30?/m1/s1. The van der Waals surface area contributed by atoms with E-state index in [2.05, 4.69) is 4.72 Å². The van der Waals surface area contributed by atoms with Gasteiger partial charge in [-0.15, -0.1) is 4.72 Å². The van der Waals surface area contributed by atoms with Crippen molar-refractivity contribution in [2.24, 2.45) is 0 Å². The lowest BCUT2D eigenvalue weighted by Gasteiger charge is -2.30. The van der Waals surface area contributed by atoms with Crippen molar-refractivity contribution in [2.45, 2.75) is 55.7 Å². The number of nitrogens with zero attached hydrogens (tertiary/aromatic N) is 2. The van der Waals surface area contributed by atoms with Gasteiger partial charge in [-0.25, -0.2) is 12.4 Å². The smallest absolute Gasteiger partial charge is 0.268 e. The van der Waals surface area contributed by atoms with E-state index in [1.165, 1.54) is 28.2 Å². The Bertz CT molecular complexity index is 1270. The number of para-hydroxylation sites is 1. The minimum absolute atomic E-state index is 0.142. The first-order valence-corrected chi connectivity index (χ1v) is 12.8. The quantitative estimate of drug-likeness (QED) is 0.595. The van der Waals surface area contributed by atoms with Crippen molar-refractivity contribution < 1.29 is 13.0 Å². The number of nitriles is 1. The van der Waals surface area contributed by atoms with E-state index >= 15 is 0 Å². The van der Waals surface area contributed by atoms with E-state index in [1.54, 1.807) is 0 Å². The number of hydrogen-bond donors (Lipinski definition) is 1. The highest BCUT2D eigenvalue weighted by molar-refractivity contribution is 7.91. The lowest BCUT2D eigenvalue weighted by atomic mass is 9.91. The summed E-state index contributed by atoms with van der Waals surface area (Å²) in [5, 5.41) is 9.90. The van der Waals surface area contributed by atoms with Crippen LogP contribution in [0.5, 0.6) is 0 Å². The minimum Gasteiger partial charge on any atom is -0.598 e. The Kier molecular flexibility index (Phi) is 5.64. The van der Waals surface area contributed by atoms with E-state index in [0.717, 1.165) is 29.5 Å². The third-order valence-corrected chi connectivity index (χ3v) is 8.93. The lowest BCUT2D eigenvalue weighted by molar-refractivity contribution is 0.488. The summed E-state index contributed by atoms with van der Waals surface area (Å²) in [7, 11) is -3.87. The topological polar surface area (TPSA) is 97.9 Å². The van der Waals surface area contributed by atoms with Crippen LogP contribution >= 0.6 is 0 Å². The van der Waals surface area contributed by atoms with Crippen molar-refractivity contribution in [3.63, 3.8) is 0 Å². The monoisotopic (exact) mass is 455 g/mol. The number of rotatable bonds is 4. The molecule has 0 saturated heterocycles. The minimum atomic E-state index is -3.87. The fourth-order valence-corrected chi connectivity index (χ4v) is 6.47. The molecule has 0 spiro atoms. The predicted molar refractivity (Wildman–Crippen MR) is 122 cm³/mol. The normalized spacial score (nSPS) is 17.8. The zero-order chi connectivity index (χ0) is 22.4. The van der Waals surface area contributed by atoms with Crippen LogP contribution in [0.15, 0.2) is 53.4 Å². The lowest BCUT2D eigenvalue weighted by Crippen LogP contribution is -2.42. The third kappa shape index (κ3) is 3.87. The Morgan fingerprint density at radius 1 is 1.16 bits per heavy atom. The molecule has 1 N–H and O–H groups in total. The van der Waals surface area contributed by atoms with E-state index in [1.807, 2.05) is 51.1 Å². The first-order valence-electron chi connectivity index (χ1n) is 10.2. The first kappa shape index (κ1) is 21.9. The molecule has 0 bridgehead atoms. The number of benzene rings is 2. The summed E-state index contributed by atoms with van der Waals surface area (Å²) in [6.07, 6.45) is 2.21. The largest absolute Gasteiger partial charge is 0.598 e. The molecule has 0 amide bonds. The third-order valence-electron chi connectivity index (χ3n) is 5.55. The molecule has 2 atom stereocenters. The van der Waals surface area contributed by atoms with Crippen molar-refractivity contribution >= 4 is 32.3 Å². The van der Waals surface area contributed by atoms with E-state index < -0.39 is 26.1 Å². The number of aromatic nitrogens is 1. The van der Waals surface area contributed by atoms with Gasteiger partial charge in [0, 0.05) is 28.0 Å². The number of fused-ring (bicyclic) bond motifs is 3. The molecular formula is C23H25N3O3S2. The van der Waals surface area contributed by atoms with Crippen LogP contribution in [0, 0.1) is 11.3 Å². The fraction of sp³-hybridized carbons (Fsp3) is 0.348. The average Bonchev–Trinajstić information content (AvgIpc) is 3.09. The van der Waals surface area contributed by atoms with Gasteiger partial charge in [-0.3, -0.25) is 0 Å². The molecule has 1 heterocycles. The van der Waals surface area contributed by atoms with Crippen LogP contribution in [-0.4, -0.2) is 21.7 Å². The van der Waals surface area contributed by atoms with Gasteiger partial charge in [-0.05, 0) is 70.4 Å². The molecule has 0 fully saturated rings. The summed E-state index contributed by atoms with van der Waals surface area (Å²) < 4.78 is 44.4. The summed E-state index contributed by atoms with van der Waals surface area (Å²) in [5.41, 5.74) is 2.68. The maximum atomic E-state index is 13.7.